The Morgan fingerprint density at radius 3 is 2.43 bits per heavy atom. The Morgan fingerprint density at radius 1 is 1.14 bits per heavy atom. The van der Waals surface area contributed by atoms with Crippen LogP contribution in [-0.2, 0) is 6.18 Å². The molecule has 7 heteroatoms. The number of hydrogen-bond donors (Lipinski definition) is 2. The molecule has 4 nitrogen and oxygen atoms in total. The molecule has 0 fully saturated rings. The normalized spacial score (nSPS) is 10.6. The highest BCUT2D eigenvalue weighted by molar-refractivity contribution is 5.63. The third kappa shape index (κ3) is 4.62. The second kappa shape index (κ2) is 6.92. The number of alkyl halides is 3. The number of nitrogens with two attached hydrogens (primary N) is 1. The molecule has 0 saturated carbocycles. The van der Waals surface area contributed by atoms with Crippen LogP contribution in [0.15, 0.2) is 30.5 Å². The van der Waals surface area contributed by atoms with Crippen molar-refractivity contribution in [2.45, 2.75) is 26.9 Å². The van der Waals surface area contributed by atoms with Crippen molar-refractivity contribution in [2.24, 2.45) is 0 Å². The number of rotatable bonds is 2. The summed E-state index contributed by atoms with van der Waals surface area (Å²) < 4.78 is 37.5. The van der Waals surface area contributed by atoms with Crippen molar-refractivity contribution in [3.05, 3.63) is 41.7 Å². The number of nitrogens with one attached hydrogen (secondary N) is 1. The molecule has 1 aromatic carbocycles. The van der Waals surface area contributed by atoms with Gasteiger partial charge in [-0.1, -0.05) is 19.9 Å². The number of hydrogen-bond acceptors (Lipinski definition) is 4. The van der Waals surface area contributed by atoms with Crippen molar-refractivity contribution in [2.75, 3.05) is 11.1 Å². The number of nitrogen functional groups attached to an aromatic ring is 1. The second-order valence-electron chi connectivity index (χ2n) is 3.96. The Labute approximate surface area is 121 Å². The van der Waals surface area contributed by atoms with Crippen LogP contribution in [0.4, 0.5) is 30.5 Å². The molecule has 0 aliphatic carbocycles. The predicted molar refractivity (Wildman–Crippen MR) is 77.3 cm³/mol. The first-order chi connectivity index (χ1) is 9.86. The van der Waals surface area contributed by atoms with E-state index < -0.39 is 11.9 Å². The van der Waals surface area contributed by atoms with Gasteiger partial charge in [0.15, 0.2) is 0 Å². The Kier molecular flexibility index (Phi) is 5.52. The van der Waals surface area contributed by atoms with Gasteiger partial charge >= 0.3 is 6.18 Å². The van der Waals surface area contributed by atoms with Gasteiger partial charge in [0.1, 0.15) is 5.69 Å². The van der Waals surface area contributed by atoms with E-state index in [4.69, 9.17) is 5.73 Å². The molecule has 0 saturated heterocycles. The van der Waals surface area contributed by atoms with E-state index in [2.05, 4.69) is 15.3 Å². The molecule has 2 rings (SSSR count). The molecule has 0 atom stereocenters. The van der Waals surface area contributed by atoms with Crippen LogP contribution < -0.4 is 11.1 Å². The summed E-state index contributed by atoms with van der Waals surface area (Å²) in [6.07, 6.45) is -3.44. The molecule has 2 aromatic rings. The molecule has 0 unspecified atom stereocenters. The van der Waals surface area contributed by atoms with Crippen molar-refractivity contribution in [3.63, 3.8) is 0 Å². The maximum atomic E-state index is 12.5. The van der Waals surface area contributed by atoms with Crippen LogP contribution in [0.25, 0.3) is 0 Å². The van der Waals surface area contributed by atoms with Crippen LogP contribution in [0, 0.1) is 6.92 Å². The SMILES string of the molecule is CC.Cc1ccc(N)cc1Nc1nccc(C(F)(F)F)n1. The highest BCUT2D eigenvalue weighted by atomic mass is 19.4. The molecule has 3 N–H and O–H groups in total. The van der Waals surface area contributed by atoms with E-state index in [1.165, 1.54) is 0 Å². The van der Waals surface area contributed by atoms with Gasteiger partial charge in [0.05, 0.1) is 0 Å². The van der Waals surface area contributed by atoms with E-state index in [1.807, 2.05) is 13.8 Å². The van der Waals surface area contributed by atoms with Crippen LogP contribution in [-0.4, -0.2) is 9.97 Å². The number of aromatic nitrogens is 2. The van der Waals surface area contributed by atoms with Crippen molar-refractivity contribution in [1.82, 2.24) is 9.97 Å². The van der Waals surface area contributed by atoms with Crippen LogP contribution in [0.2, 0.25) is 0 Å². The van der Waals surface area contributed by atoms with Crippen molar-refractivity contribution in [1.29, 1.82) is 0 Å². The van der Waals surface area contributed by atoms with Crippen LogP contribution in [0.1, 0.15) is 25.1 Å². The van der Waals surface area contributed by atoms with Gasteiger partial charge in [-0.2, -0.15) is 13.2 Å². The third-order valence-corrected chi connectivity index (χ3v) is 2.45. The van der Waals surface area contributed by atoms with Crippen molar-refractivity contribution in [3.8, 4) is 0 Å². The Balaban J connectivity index is 0.00000106. The number of nitrogens with zero attached hydrogens (tertiary/aromatic N) is 2. The lowest BCUT2D eigenvalue weighted by atomic mass is 10.2. The second-order valence-corrected chi connectivity index (χ2v) is 3.96. The number of anilines is 3. The topological polar surface area (TPSA) is 63.8 Å². The summed E-state index contributed by atoms with van der Waals surface area (Å²) in [4.78, 5) is 7.18. The number of halogens is 3. The quantitative estimate of drug-likeness (QED) is 0.817. The van der Waals surface area contributed by atoms with E-state index in [9.17, 15) is 13.2 Å². The third-order valence-electron chi connectivity index (χ3n) is 2.45. The fraction of sp³-hybridized carbons (Fsp3) is 0.286. The first-order valence-corrected chi connectivity index (χ1v) is 6.39. The highest BCUT2D eigenvalue weighted by Gasteiger charge is 2.32. The molecule has 0 spiro atoms. The van der Waals surface area contributed by atoms with Gasteiger partial charge in [0.25, 0.3) is 0 Å². The summed E-state index contributed by atoms with van der Waals surface area (Å²) in [6, 6.07) is 5.88. The lowest BCUT2D eigenvalue weighted by molar-refractivity contribution is -0.141. The standard InChI is InChI=1S/C12H11F3N4.C2H6/c1-7-2-3-8(16)6-9(7)18-11-17-5-4-10(19-11)12(13,14)15;1-2/h2-6H,16H2,1H3,(H,17,18,19);1-2H3. The molecule has 114 valence electrons. The molecule has 1 heterocycles. The summed E-state index contributed by atoms with van der Waals surface area (Å²) in [5.74, 6) is -0.122. The maximum absolute atomic E-state index is 12.5. The number of benzene rings is 1. The predicted octanol–water partition coefficient (Wildman–Crippen LogP) is 4.16. The summed E-state index contributed by atoms with van der Waals surface area (Å²) in [7, 11) is 0. The van der Waals surface area contributed by atoms with Crippen molar-refractivity contribution >= 4 is 17.3 Å². The first kappa shape index (κ1) is 16.7. The lowest BCUT2D eigenvalue weighted by Crippen LogP contribution is -2.10. The highest BCUT2D eigenvalue weighted by Crippen LogP contribution is 2.28. The fourth-order valence-corrected chi connectivity index (χ4v) is 1.47. The van der Waals surface area contributed by atoms with E-state index >= 15 is 0 Å². The van der Waals surface area contributed by atoms with E-state index in [1.54, 1.807) is 25.1 Å². The summed E-state index contributed by atoms with van der Waals surface area (Å²) in [5.41, 5.74) is 6.52. The van der Waals surface area contributed by atoms with Gasteiger partial charge in [-0.25, -0.2) is 9.97 Å². The van der Waals surface area contributed by atoms with Crippen LogP contribution >= 0.6 is 0 Å². The van der Waals surface area contributed by atoms with E-state index in [0.717, 1.165) is 17.8 Å². The molecule has 0 aliphatic heterocycles. The minimum Gasteiger partial charge on any atom is -0.399 e. The smallest absolute Gasteiger partial charge is 0.399 e. The minimum atomic E-state index is -4.50. The van der Waals surface area contributed by atoms with Gasteiger partial charge in [0.2, 0.25) is 5.95 Å². The maximum Gasteiger partial charge on any atom is 0.433 e. The van der Waals surface area contributed by atoms with E-state index in [0.29, 0.717) is 11.4 Å². The zero-order chi connectivity index (χ0) is 16.0. The van der Waals surface area contributed by atoms with E-state index in [-0.39, 0.29) is 5.95 Å². The van der Waals surface area contributed by atoms with Gasteiger partial charge in [-0.05, 0) is 30.7 Å². The first-order valence-electron chi connectivity index (χ1n) is 6.39. The van der Waals surface area contributed by atoms with Gasteiger partial charge in [-0.3, -0.25) is 0 Å². The molecule has 0 amide bonds. The molecule has 0 aliphatic rings. The van der Waals surface area contributed by atoms with Gasteiger partial charge in [0, 0.05) is 17.6 Å². The van der Waals surface area contributed by atoms with Gasteiger partial charge in [-0.15, -0.1) is 0 Å². The lowest BCUT2D eigenvalue weighted by Gasteiger charge is -2.10. The molecule has 21 heavy (non-hydrogen) atoms. The average Bonchev–Trinajstić information content (AvgIpc) is 2.44. The largest absolute Gasteiger partial charge is 0.433 e. The Bertz CT molecular complexity index is 597. The Hall–Kier alpha value is -2.31. The average molecular weight is 298 g/mol. The zero-order valence-corrected chi connectivity index (χ0v) is 12.0. The molecular formula is C14H17F3N4. The fourth-order valence-electron chi connectivity index (χ4n) is 1.47. The minimum absolute atomic E-state index is 0.122. The monoisotopic (exact) mass is 298 g/mol. The summed E-state index contributed by atoms with van der Waals surface area (Å²) in [6.45, 7) is 5.80. The Morgan fingerprint density at radius 2 is 1.81 bits per heavy atom. The number of aryl methyl sites for hydroxylation is 1. The molecule has 0 radical (unpaired) electrons. The van der Waals surface area contributed by atoms with Crippen LogP contribution in [0.3, 0.4) is 0 Å². The zero-order valence-electron chi connectivity index (χ0n) is 12.0. The molecular weight excluding hydrogens is 281 g/mol. The van der Waals surface area contributed by atoms with Crippen molar-refractivity contribution < 1.29 is 13.2 Å². The van der Waals surface area contributed by atoms with Crippen LogP contribution in [0.5, 0.6) is 0 Å². The summed E-state index contributed by atoms with van der Waals surface area (Å²) in [5, 5.41) is 2.72. The molecule has 1 aromatic heterocycles. The van der Waals surface area contributed by atoms with Gasteiger partial charge < -0.3 is 11.1 Å². The molecule has 0 bridgehead atoms. The summed E-state index contributed by atoms with van der Waals surface area (Å²) >= 11 is 0.